The van der Waals surface area contributed by atoms with Crippen molar-refractivity contribution in [3.8, 4) is 5.75 Å². The van der Waals surface area contributed by atoms with Crippen LogP contribution in [0, 0.1) is 11.6 Å². The molecule has 0 spiro atoms. The van der Waals surface area contributed by atoms with Gasteiger partial charge in [0, 0.05) is 18.7 Å². The molecule has 170 valence electrons. The lowest BCUT2D eigenvalue weighted by atomic mass is 10.0. The summed E-state index contributed by atoms with van der Waals surface area (Å²) in [6.07, 6.45) is -9.28. The summed E-state index contributed by atoms with van der Waals surface area (Å²) >= 11 is 0. The molecule has 11 heteroatoms. The maximum atomic E-state index is 13.4. The molecule has 2 rings (SSSR count). The van der Waals surface area contributed by atoms with Crippen molar-refractivity contribution in [3.63, 3.8) is 0 Å². The Morgan fingerprint density at radius 3 is 2.35 bits per heavy atom. The molecule has 0 aromatic heterocycles. The van der Waals surface area contributed by atoms with Crippen LogP contribution in [0.15, 0.2) is 42.5 Å². The van der Waals surface area contributed by atoms with Gasteiger partial charge in [0.05, 0.1) is 7.11 Å². The Hall–Kier alpha value is -2.76. The molecule has 3 atom stereocenters. The lowest BCUT2D eigenvalue weighted by molar-refractivity contribution is -0.212. The Kier molecular flexibility index (Phi) is 8.31. The topological polar surface area (TPSA) is 93.8 Å². The predicted octanol–water partition coefficient (Wildman–Crippen LogP) is 2.43. The number of ether oxygens (including phenoxy) is 2. The molecule has 0 saturated carbocycles. The molecule has 2 aromatic carbocycles. The Morgan fingerprint density at radius 2 is 1.77 bits per heavy atom. The minimum atomic E-state index is -5.30. The molecule has 0 aliphatic rings. The van der Waals surface area contributed by atoms with E-state index in [2.05, 4.69) is 10.1 Å². The average Bonchev–Trinajstić information content (AvgIpc) is 2.69. The summed E-state index contributed by atoms with van der Waals surface area (Å²) < 4.78 is 74.1. The van der Waals surface area contributed by atoms with E-state index in [1.807, 2.05) is 0 Å². The van der Waals surface area contributed by atoms with E-state index >= 15 is 0 Å². The Morgan fingerprint density at radius 1 is 1.13 bits per heavy atom. The van der Waals surface area contributed by atoms with Crippen LogP contribution >= 0.6 is 0 Å². The van der Waals surface area contributed by atoms with Crippen molar-refractivity contribution in [1.82, 2.24) is 5.32 Å². The van der Waals surface area contributed by atoms with Crippen molar-refractivity contribution in [2.45, 2.75) is 37.5 Å². The third-order valence-corrected chi connectivity index (χ3v) is 4.25. The lowest BCUT2D eigenvalue weighted by Crippen LogP contribution is -2.53. The van der Waals surface area contributed by atoms with Gasteiger partial charge in [0.1, 0.15) is 23.5 Å². The van der Waals surface area contributed by atoms with Crippen molar-refractivity contribution in [2.75, 3.05) is 7.11 Å². The summed E-state index contributed by atoms with van der Waals surface area (Å²) in [4.78, 5) is 11.3. The van der Waals surface area contributed by atoms with Crippen molar-refractivity contribution < 1.29 is 41.3 Å². The summed E-state index contributed by atoms with van der Waals surface area (Å²) in [5.74, 6) is -3.81. The number of nitrogens with two attached hydrogens (primary N) is 1. The first-order valence-corrected chi connectivity index (χ1v) is 9.02. The number of halogens is 5. The van der Waals surface area contributed by atoms with Gasteiger partial charge in [-0.05, 0) is 41.8 Å². The smallest absolute Gasteiger partial charge is 0.490 e. The number of aliphatic hydroxyl groups excluding tert-OH is 1. The number of carbonyl (C=O) groups excluding carboxylic acids is 1. The van der Waals surface area contributed by atoms with E-state index in [1.165, 1.54) is 7.11 Å². The fraction of sp³-hybridized carbons (Fsp3) is 0.350. The second-order valence-corrected chi connectivity index (χ2v) is 6.69. The molecule has 0 aliphatic carbocycles. The molecule has 0 fully saturated rings. The zero-order valence-corrected chi connectivity index (χ0v) is 16.3. The van der Waals surface area contributed by atoms with E-state index in [0.717, 1.165) is 12.1 Å². The third-order valence-electron chi connectivity index (χ3n) is 4.25. The first-order valence-electron chi connectivity index (χ1n) is 9.02. The molecule has 31 heavy (non-hydrogen) atoms. The van der Waals surface area contributed by atoms with Crippen molar-refractivity contribution in [2.24, 2.45) is 5.73 Å². The predicted molar refractivity (Wildman–Crippen MR) is 99.8 cm³/mol. The minimum absolute atomic E-state index is 0.0674. The van der Waals surface area contributed by atoms with Crippen LogP contribution in [0.5, 0.6) is 5.75 Å². The van der Waals surface area contributed by atoms with Gasteiger partial charge in [-0.1, -0.05) is 12.1 Å². The number of hydrogen-bond acceptors (Lipinski definition) is 6. The van der Waals surface area contributed by atoms with Gasteiger partial charge in [-0.15, -0.1) is 0 Å². The van der Waals surface area contributed by atoms with Crippen molar-refractivity contribution in [3.05, 3.63) is 65.2 Å². The van der Waals surface area contributed by atoms with Gasteiger partial charge in [0.2, 0.25) is 0 Å². The summed E-state index contributed by atoms with van der Waals surface area (Å²) in [6.45, 7) is -0.106. The van der Waals surface area contributed by atoms with E-state index in [1.54, 1.807) is 24.3 Å². The molecule has 4 N–H and O–H groups in total. The molecule has 0 radical (unpaired) electrons. The normalized spacial score (nSPS) is 14.6. The molecule has 6 nitrogen and oxygen atoms in total. The number of esters is 1. The van der Waals surface area contributed by atoms with Gasteiger partial charge >= 0.3 is 12.1 Å². The average molecular weight is 448 g/mol. The van der Waals surface area contributed by atoms with E-state index < -0.39 is 42.2 Å². The molecule has 2 aromatic rings. The van der Waals surface area contributed by atoms with Crippen LogP contribution < -0.4 is 15.8 Å². The lowest BCUT2D eigenvalue weighted by Gasteiger charge is -2.28. The van der Waals surface area contributed by atoms with Crippen LogP contribution in [0.4, 0.5) is 22.0 Å². The molecule has 1 unspecified atom stereocenters. The largest absolute Gasteiger partial charge is 0.497 e. The van der Waals surface area contributed by atoms with Crippen LogP contribution in [-0.4, -0.2) is 42.7 Å². The van der Waals surface area contributed by atoms with E-state index in [9.17, 15) is 31.9 Å². The fourth-order valence-electron chi connectivity index (χ4n) is 2.76. The highest BCUT2D eigenvalue weighted by Gasteiger charge is 2.43. The molecule has 0 heterocycles. The van der Waals surface area contributed by atoms with Crippen LogP contribution in [-0.2, 0) is 22.5 Å². The van der Waals surface area contributed by atoms with Gasteiger partial charge in [-0.2, -0.15) is 13.2 Å². The molecule has 0 saturated heterocycles. The number of methoxy groups -OCH3 is 1. The SMILES string of the molecule is COc1cccc(CNC(OC(=O)C(F)(F)F)[C@@H](O)[C@@H](N)Cc2cc(F)cc(F)c2)c1. The maximum absolute atomic E-state index is 13.4. The Balaban J connectivity index is 2.15. The van der Waals surface area contributed by atoms with Crippen LogP contribution in [0.2, 0.25) is 0 Å². The van der Waals surface area contributed by atoms with Gasteiger partial charge in [0.25, 0.3) is 0 Å². The monoisotopic (exact) mass is 448 g/mol. The summed E-state index contributed by atoms with van der Waals surface area (Å²) in [7, 11) is 1.43. The van der Waals surface area contributed by atoms with E-state index in [4.69, 9.17) is 10.5 Å². The Bertz CT molecular complexity index is 874. The first kappa shape index (κ1) is 24.5. The zero-order chi connectivity index (χ0) is 23.2. The van der Waals surface area contributed by atoms with Crippen molar-refractivity contribution >= 4 is 5.97 Å². The highest BCUT2D eigenvalue weighted by molar-refractivity contribution is 5.75. The number of rotatable bonds is 9. The standard InChI is InChI=1S/C20H21F5N2O4/c1-30-15-4-2-3-11(7-15)10-27-18(31-19(29)20(23,24)25)17(28)16(26)8-12-5-13(21)9-14(22)6-12/h2-7,9,16-18,27-28H,8,10,26H2,1H3/t16-,17-,18?/m0/s1. The molecular weight excluding hydrogens is 427 g/mol. The number of carbonyl (C=O) groups is 1. The number of hydrogen-bond donors (Lipinski definition) is 3. The number of benzene rings is 2. The van der Waals surface area contributed by atoms with Crippen LogP contribution in [0.3, 0.4) is 0 Å². The quantitative estimate of drug-likeness (QED) is 0.310. The second kappa shape index (κ2) is 10.5. The summed E-state index contributed by atoms with van der Waals surface area (Å²) in [5, 5.41) is 12.9. The van der Waals surface area contributed by atoms with Gasteiger partial charge in [-0.3, -0.25) is 5.32 Å². The Labute approximate surface area is 174 Å². The molecule has 0 bridgehead atoms. The summed E-state index contributed by atoms with van der Waals surface area (Å²) in [5.41, 5.74) is 6.45. The minimum Gasteiger partial charge on any atom is -0.497 e. The number of alkyl halides is 3. The highest BCUT2D eigenvalue weighted by Crippen LogP contribution is 2.20. The first-order chi connectivity index (χ1) is 14.5. The summed E-state index contributed by atoms with van der Waals surface area (Å²) in [6, 6.07) is 7.74. The second-order valence-electron chi connectivity index (χ2n) is 6.69. The van der Waals surface area contributed by atoms with E-state index in [-0.39, 0.29) is 18.5 Å². The van der Waals surface area contributed by atoms with E-state index in [0.29, 0.717) is 17.4 Å². The fourth-order valence-corrected chi connectivity index (χ4v) is 2.76. The maximum Gasteiger partial charge on any atom is 0.490 e. The number of nitrogens with one attached hydrogen (secondary N) is 1. The van der Waals surface area contributed by atoms with Gasteiger partial charge in [0.15, 0.2) is 6.23 Å². The van der Waals surface area contributed by atoms with Gasteiger partial charge < -0.3 is 20.3 Å². The third kappa shape index (κ3) is 7.46. The van der Waals surface area contributed by atoms with Crippen molar-refractivity contribution in [1.29, 1.82) is 0 Å². The molecular formula is C20H21F5N2O4. The highest BCUT2D eigenvalue weighted by atomic mass is 19.4. The van der Waals surface area contributed by atoms with Crippen LogP contribution in [0.1, 0.15) is 11.1 Å². The molecule has 0 amide bonds. The zero-order valence-electron chi connectivity index (χ0n) is 16.3. The van der Waals surface area contributed by atoms with Gasteiger partial charge in [-0.25, -0.2) is 13.6 Å². The molecule has 0 aliphatic heterocycles. The number of aliphatic hydroxyl groups is 1. The van der Waals surface area contributed by atoms with Crippen LogP contribution in [0.25, 0.3) is 0 Å².